The lowest BCUT2D eigenvalue weighted by Gasteiger charge is -2.32. The predicted molar refractivity (Wildman–Crippen MR) is 136 cm³/mol. The van der Waals surface area contributed by atoms with Crippen LogP contribution >= 0.6 is 0 Å². The second-order valence-electron chi connectivity index (χ2n) is 8.42. The molecule has 0 saturated heterocycles. The minimum atomic E-state index is -0.609. The molecule has 0 aliphatic carbocycles. The molecule has 184 valence electrons. The largest absolute Gasteiger partial charge is 0.492 e. The van der Waals surface area contributed by atoms with E-state index < -0.39 is 6.10 Å². The van der Waals surface area contributed by atoms with Crippen LogP contribution in [0.4, 0.5) is 11.4 Å². The van der Waals surface area contributed by atoms with Gasteiger partial charge in [0, 0.05) is 19.1 Å². The van der Waals surface area contributed by atoms with Crippen LogP contribution in [0.5, 0.6) is 17.2 Å². The molecule has 1 aliphatic heterocycles. The third kappa shape index (κ3) is 6.12. The van der Waals surface area contributed by atoms with Gasteiger partial charge in [-0.25, -0.2) is 0 Å². The van der Waals surface area contributed by atoms with E-state index in [0.717, 1.165) is 34.2 Å². The molecule has 0 radical (unpaired) electrons. The van der Waals surface area contributed by atoms with E-state index in [-0.39, 0.29) is 18.6 Å². The number of aliphatic hydroxyl groups is 1. The van der Waals surface area contributed by atoms with Crippen molar-refractivity contribution < 1.29 is 24.1 Å². The molecule has 7 heteroatoms. The van der Waals surface area contributed by atoms with Crippen molar-refractivity contribution in [3.05, 3.63) is 78.4 Å². The minimum absolute atomic E-state index is 0.113. The summed E-state index contributed by atoms with van der Waals surface area (Å²) < 4.78 is 17.7. The van der Waals surface area contributed by atoms with Crippen molar-refractivity contribution in [3.8, 4) is 17.2 Å². The highest BCUT2D eigenvalue weighted by atomic mass is 16.5. The van der Waals surface area contributed by atoms with Crippen LogP contribution in [0.3, 0.4) is 0 Å². The van der Waals surface area contributed by atoms with E-state index in [1.165, 1.54) is 0 Å². The Morgan fingerprint density at radius 1 is 1.00 bits per heavy atom. The fourth-order valence-electron chi connectivity index (χ4n) is 4.02. The third-order valence-corrected chi connectivity index (χ3v) is 5.78. The van der Waals surface area contributed by atoms with Gasteiger partial charge in [0.15, 0.2) is 11.5 Å². The van der Waals surface area contributed by atoms with Gasteiger partial charge in [0.1, 0.15) is 18.5 Å². The van der Waals surface area contributed by atoms with E-state index in [4.69, 9.17) is 14.2 Å². The van der Waals surface area contributed by atoms with Crippen molar-refractivity contribution in [2.24, 2.45) is 0 Å². The van der Waals surface area contributed by atoms with E-state index in [2.05, 4.69) is 10.2 Å². The summed E-state index contributed by atoms with van der Waals surface area (Å²) in [6.45, 7) is 5.08. The van der Waals surface area contributed by atoms with Gasteiger partial charge >= 0.3 is 0 Å². The van der Waals surface area contributed by atoms with Gasteiger partial charge in [-0.05, 0) is 55.8 Å². The normalized spacial score (nSPS) is 13.7. The Hall–Kier alpha value is -3.55. The van der Waals surface area contributed by atoms with Crippen LogP contribution in [0.2, 0.25) is 0 Å². The molecule has 1 aliphatic rings. The van der Waals surface area contributed by atoms with Crippen LogP contribution in [-0.4, -0.2) is 49.5 Å². The van der Waals surface area contributed by atoms with Gasteiger partial charge < -0.3 is 29.5 Å². The molecule has 2 atom stereocenters. The zero-order chi connectivity index (χ0) is 24.6. The number of carbonyl (C=O) groups excluding carboxylic acids is 1. The van der Waals surface area contributed by atoms with Crippen LogP contribution in [0.1, 0.15) is 19.4 Å². The summed E-state index contributed by atoms with van der Waals surface area (Å²) in [4.78, 5) is 14.7. The Bertz CT molecular complexity index is 1070. The zero-order valence-electron chi connectivity index (χ0n) is 20.1. The molecule has 1 amide bonds. The maximum atomic E-state index is 12.5. The van der Waals surface area contributed by atoms with Gasteiger partial charge in [-0.3, -0.25) is 4.79 Å². The highest BCUT2D eigenvalue weighted by Crippen LogP contribution is 2.45. The number of nitrogens with zero attached hydrogens (tertiary/aromatic N) is 1. The highest BCUT2D eigenvalue weighted by molar-refractivity contribution is 5.81. The second kappa shape index (κ2) is 11.7. The summed E-state index contributed by atoms with van der Waals surface area (Å²) in [6.07, 6.45) is -0.165. The molecule has 0 aromatic heterocycles. The van der Waals surface area contributed by atoms with Gasteiger partial charge in [-0.2, -0.15) is 0 Å². The molecule has 0 fully saturated rings. The molecule has 3 aromatic carbocycles. The van der Waals surface area contributed by atoms with Crippen molar-refractivity contribution in [3.63, 3.8) is 0 Å². The Labute approximate surface area is 206 Å². The molecule has 7 nitrogen and oxygen atoms in total. The predicted octanol–water partition coefficient (Wildman–Crippen LogP) is 4.45. The Morgan fingerprint density at radius 3 is 2.23 bits per heavy atom. The summed E-state index contributed by atoms with van der Waals surface area (Å²) in [5.41, 5.74) is 3.00. The van der Waals surface area contributed by atoms with Crippen LogP contribution in [-0.2, 0) is 16.0 Å². The molecule has 35 heavy (non-hydrogen) atoms. The Morgan fingerprint density at radius 2 is 1.63 bits per heavy atom. The summed E-state index contributed by atoms with van der Waals surface area (Å²) in [5.74, 6) is 2.20. The maximum absolute atomic E-state index is 12.5. The summed E-state index contributed by atoms with van der Waals surface area (Å²) in [6, 6.07) is 23.4. The molecule has 2 N–H and O–H groups in total. The average molecular weight is 477 g/mol. The molecule has 0 spiro atoms. The number of ether oxygens (including phenoxy) is 3. The monoisotopic (exact) mass is 476 g/mol. The number of aliphatic hydroxyl groups excluding tert-OH is 1. The fourth-order valence-corrected chi connectivity index (χ4v) is 4.02. The molecule has 0 unspecified atom stereocenters. The number of anilines is 2. The lowest BCUT2D eigenvalue weighted by atomic mass is 10.1. The number of amides is 1. The molecule has 3 aromatic rings. The van der Waals surface area contributed by atoms with Gasteiger partial charge in [0.05, 0.1) is 24.5 Å². The van der Waals surface area contributed by atoms with E-state index >= 15 is 0 Å². The summed E-state index contributed by atoms with van der Waals surface area (Å²) in [7, 11) is 0. The van der Waals surface area contributed by atoms with E-state index in [1.54, 1.807) is 6.92 Å². The molecular formula is C28H32N2O5. The first-order chi connectivity index (χ1) is 17.1. The van der Waals surface area contributed by atoms with Crippen LogP contribution in [0.25, 0.3) is 0 Å². The highest BCUT2D eigenvalue weighted by Gasteiger charge is 2.24. The second-order valence-corrected chi connectivity index (χ2v) is 8.42. The minimum Gasteiger partial charge on any atom is -0.492 e. The topological polar surface area (TPSA) is 80.3 Å². The number of fused-ring (bicyclic) bond motifs is 2. The van der Waals surface area contributed by atoms with Crippen molar-refractivity contribution in [1.82, 2.24) is 5.32 Å². The summed E-state index contributed by atoms with van der Waals surface area (Å²) >= 11 is 0. The first-order valence-corrected chi connectivity index (χ1v) is 12.0. The van der Waals surface area contributed by atoms with E-state index in [1.807, 2.05) is 79.7 Å². The molecule has 0 bridgehead atoms. The van der Waals surface area contributed by atoms with E-state index in [0.29, 0.717) is 26.2 Å². The van der Waals surface area contributed by atoms with Crippen LogP contribution in [0.15, 0.2) is 72.8 Å². The zero-order valence-corrected chi connectivity index (χ0v) is 20.1. The van der Waals surface area contributed by atoms with Gasteiger partial charge in [0.2, 0.25) is 5.91 Å². The number of hydrogen-bond acceptors (Lipinski definition) is 6. The van der Waals surface area contributed by atoms with Gasteiger partial charge in [0.25, 0.3) is 0 Å². The number of carbonyl (C=O) groups is 1. The van der Waals surface area contributed by atoms with Crippen molar-refractivity contribution in [2.75, 3.05) is 31.3 Å². The van der Waals surface area contributed by atoms with Crippen LogP contribution < -0.4 is 19.7 Å². The molecule has 4 rings (SSSR count). The molecular weight excluding hydrogens is 444 g/mol. The van der Waals surface area contributed by atoms with Gasteiger partial charge in [-0.1, -0.05) is 36.4 Å². The van der Waals surface area contributed by atoms with Crippen molar-refractivity contribution in [2.45, 2.75) is 32.4 Å². The maximum Gasteiger partial charge on any atom is 0.249 e. The first-order valence-electron chi connectivity index (χ1n) is 12.0. The number of rotatable bonds is 11. The van der Waals surface area contributed by atoms with Crippen LogP contribution in [0, 0.1) is 0 Å². The lowest BCUT2D eigenvalue weighted by Crippen LogP contribution is -2.43. The first kappa shape index (κ1) is 24.6. The number of benzene rings is 3. The van der Waals surface area contributed by atoms with Gasteiger partial charge in [-0.15, -0.1) is 0 Å². The number of hydrogen-bond donors (Lipinski definition) is 2. The van der Waals surface area contributed by atoms with Crippen molar-refractivity contribution >= 4 is 17.3 Å². The SMILES string of the molecule is CCO[C@@H](Cc1ccc(OCCN2c3ccccc3Oc3ccccc32)cc1)C(=O)N[C@@H](C)CO. The number of nitrogens with one attached hydrogen (secondary N) is 1. The van der Waals surface area contributed by atoms with E-state index in [9.17, 15) is 9.90 Å². The summed E-state index contributed by atoms with van der Waals surface area (Å²) in [5, 5.41) is 12.0. The van der Waals surface area contributed by atoms with Crippen molar-refractivity contribution in [1.29, 1.82) is 0 Å². The Balaban J connectivity index is 1.36. The quantitative estimate of drug-likeness (QED) is 0.426. The third-order valence-electron chi connectivity index (χ3n) is 5.78. The standard InChI is InChI=1S/C28H32N2O5/c1-3-33-27(28(32)29-20(2)19-31)18-21-12-14-22(15-13-21)34-17-16-30-23-8-4-6-10-25(23)35-26-11-7-5-9-24(26)30/h4-15,20,27,31H,3,16-19H2,1-2H3,(H,29,32)/t20-,27-/m0/s1. The fraction of sp³-hybridized carbons (Fsp3) is 0.321. The Kier molecular flexibility index (Phi) is 8.23. The average Bonchev–Trinajstić information content (AvgIpc) is 2.88. The smallest absolute Gasteiger partial charge is 0.249 e. The molecule has 0 saturated carbocycles. The molecule has 1 heterocycles. The number of para-hydroxylation sites is 4. The lowest BCUT2D eigenvalue weighted by molar-refractivity contribution is -0.133.